The Balaban J connectivity index is 2.73. The average Bonchev–Trinajstić information content (AvgIpc) is 2.12. The van der Waals surface area contributed by atoms with Crippen molar-refractivity contribution in [3.05, 3.63) is 32.8 Å². The van der Waals surface area contributed by atoms with Crippen LogP contribution < -0.4 is 10.9 Å². The van der Waals surface area contributed by atoms with E-state index in [9.17, 15) is 4.79 Å². The third kappa shape index (κ3) is 2.99. The van der Waals surface area contributed by atoms with Crippen molar-refractivity contribution in [1.29, 1.82) is 0 Å². The molecule has 0 saturated heterocycles. The largest absolute Gasteiger partial charge is 0.365 e. The van der Waals surface area contributed by atoms with Crippen LogP contribution in [0.1, 0.15) is 13.8 Å². The number of aromatic amines is 1. The number of rotatable bonds is 3. The molecule has 76 valence electrons. The van der Waals surface area contributed by atoms with Gasteiger partial charge in [0.2, 0.25) is 0 Å². The summed E-state index contributed by atoms with van der Waals surface area (Å²) >= 11 is 3.16. The number of aromatic nitrogens is 2. The normalized spacial score (nSPS) is 9.64. The predicted octanol–water partition coefficient (Wildman–Crippen LogP) is 1.91. The molecule has 5 heteroatoms. The van der Waals surface area contributed by atoms with Crippen LogP contribution in [0.4, 0.5) is 5.82 Å². The fourth-order valence-electron chi connectivity index (χ4n) is 0.858. The topological polar surface area (TPSA) is 57.8 Å². The van der Waals surface area contributed by atoms with Gasteiger partial charge in [-0.05, 0) is 29.8 Å². The van der Waals surface area contributed by atoms with Gasteiger partial charge in [-0.2, -0.15) is 0 Å². The van der Waals surface area contributed by atoms with Crippen LogP contribution in [0, 0.1) is 0 Å². The van der Waals surface area contributed by atoms with E-state index in [0.29, 0.717) is 16.8 Å². The van der Waals surface area contributed by atoms with Gasteiger partial charge in [0.25, 0.3) is 5.56 Å². The lowest BCUT2D eigenvalue weighted by molar-refractivity contribution is 1.08. The molecule has 0 radical (unpaired) electrons. The van der Waals surface area contributed by atoms with Crippen molar-refractivity contribution >= 4 is 21.7 Å². The van der Waals surface area contributed by atoms with Crippen molar-refractivity contribution < 1.29 is 0 Å². The predicted molar refractivity (Wildman–Crippen MR) is 60.5 cm³/mol. The van der Waals surface area contributed by atoms with Gasteiger partial charge in [-0.1, -0.05) is 11.6 Å². The number of allylic oxidation sites excluding steroid dienone is 1. The van der Waals surface area contributed by atoms with E-state index in [2.05, 4.69) is 31.2 Å². The lowest BCUT2D eigenvalue weighted by Gasteiger charge is -2.03. The Morgan fingerprint density at radius 1 is 1.71 bits per heavy atom. The molecule has 1 heterocycles. The van der Waals surface area contributed by atoms with Crippen molar-refractivity contribution in [3.63, 3.8) is 0 Å². The first-order chi connectivity index (χ1) is 6.61. The molecule has 0 fully saturated rings. The SMILES string of the molecule is CC(C)=CCNc1nc[nH]c(=O)c1Br. The summed E-state index contributed by atoms with van der Waals surface area (Å²) in [4.78, 5) is 17.6. The Hall–Kier alpha value is -1.10. The van der Waals surface area contributed by atoms with Gasteiger partial charge in [-0.15, -0.1) is 0 Å². The summed E-state index contributed by atoms with van der Waals surface area (Å²) in [6, 6.07) is 0. The first-order valence-corrected chi connectivity index (χ1v) is 5.01. The van der Waals surface area contributed by atoms with Crippen LogP contribution in [0.25, 0.3) is 0 Å². The molecule has 1 rings (SSSR count). The van der Waals surface area contributed by atoms with Crippen LogP contribution in [0.15, 0.2) is 27.2 Å². The summed E-state index contributed by atoms with van der Waals surface area (Å²) in [6.07, 6.45) is 3.40. The lowest BCUT2D eigenvalue weighted by atomic mass is 10.3. The zero-order chi connectivity index (χ0) is 10.6. The second-order valence-electron chi connectivity index (χ2n) is 3.06. The third-order valence-corrected chi connectivity index (χ3v) is 2.31. The Kier molecular flexibility index (Phi) is 3.88. The van der Waals surface area contributed by atoms with Crippen molar-refractivity contribution in [2.45, 2.75) is 13.8 Å². The first kappa shape index (κ1) is 11.0. The van der Waals surface area contributed by atoms with Crippen molar-refractivity contribution in [3.8, 4) is 0 Å². The molecule has 0 atom stereocenters. The molecule has 0 spiro atoms. The second-order valence-corrected chi connectivity index (χ2v) is 3.85. The number of hydrogen-bond acceptors (Lipinski definition) is 3. The Morgan fingerprint density at radius 2 is 2.43 bits per heavy atom. The number of halogens is 1. The van der Waals surface area contributed by atoms with Crippen LogP contribution in [-0.2, 0) is 0 Å². The maximum absolute atomic E-state index is 11.1. The zero-order valence-corrected chi connectivity index (χ0v) is 9.68. The minimum Gasteiger partial charge on any atom is -0.365 e. The number of hydrogen-bond donors (Lipinski definition) is 2. The van der Waals surface area contributed by atoms with Crippen LogP contribution in [0.2, 0.25) is 0 Å². The number of anilines is 1. The molecule has 14 heavy (non-hydrogen) atoms. The van der Waals surface area contributed by atoms with Crippen LogP contribution in [0.5, 0.6) is 0 Å². The molecule has 0 aliphatic carbocycles. The molecule has 0 bridgehead atoms. The molecular weight excluding hydrogens is 246 g/mol. The fraction of sp³-hybridized carbons (Fsp3) is 0.333. The van der Waals surface area contributed by atoms with Gasteiger partial charge in [0.05, 0.1) is 6.33 Å². The first-order valence-electron chi connectivity index (χ1n) is 4.21. The van der Waals surface area contributed by atoms with Gasteiger partial charge in [0.1, 0.15) is 10.3 Å². The third-order valence-electron chi connectivity index (χ3n) is 1.58. The van der Waals surface area contributed by atoms with E-state index in [1.807, 2.05) is 19.9 Å². The molecule has 0 aliphatic heterocycles. The average molecular weight is 258 g/mol. The van der Waals surface area contributed by atoms with Crippen molar-refractivity contribution in [1.82, 2.24) is 9.97 Å². The Morgan fingerprint density at radius 3 is 3.07 bits per heavy atom. The van der Waals surface area contributed by atoms with E-state index in [1.54, 1.807) is 0 Å². The van der Waals surface area contributed by atoms with Gasteiger partial charge in [0, 0.05) is 6.54 Å². The molecule has 0 unspecified atom stereocenters. The van der Waals surface area contributed by atoms with E-state index in [-0.39, 0.29) is 5.56 Å². The summed E-state index contributed by atoms with van der Waals surface area (Å²) in [7, 11) is 0. The molecule has 1 aromatic heterocycles. The summed E-state index contributed by atoms with van der Waals surface area (Å²) in [5.41, 5.74) is 1.04. The monoisotopic (exact) mass is 257 g/mol. The Bertz CT molecular complexity index is 393. The number of H-pyrrole nitrogens is 1. The highest BCUT2D eigenvalue weighted by Crippen LogP contribution is 2.12. The van der Waals surface area contributed by atoms with Crippen molar-refractivity contribution in [2.75, 3.05) is 11.9 Å². The van der Waals surface area contributed by atoms with E-state index < -0.39 is 0 Å². The minimum absolute atomic E-state index is 0.181. The molecule has 0 saturated carbocycles. The summed E-state index contributed by atoms with van der Waals surface area (Å²) in [6.45, 7) is 4.70. The second kappa shape index (κ2) is 4.95. The summed E-state index contributed by atoms with van der Waals surface area (Å²) < 4.78 is 0.433. The quantitative estimate of drug-likeness (QED) is 0.814. The molecule has 4 nitrogen and oxygen atoms in total. The van der Waals surface area contributed by atoms with Gasteiger partial charge in [0.15, 0.2) is 0 Å². The van der Waals surface area contributed by atoms with E-state index >= 15 is 0 Å². The zero-order valence-electron chi connectivity index (χ0n) is 8.10. The highest BCUT2D eigenvalue weighted by atomic mass is 79.9. The smallest absolute Gasteiger partial charge is 0.267 e. The molecule has 2 N–H and O–H groups in total. The van der Waals surface area contributed by atoms with Crippen LogP contribution >= 0.6 is 15.9 Å². The molecule has 0 amide bonds. The van der Waals surface area contributed by atoms with E-state index in [4.69, 9.17) is 0 Å². The van der Waals surface area contributed by atoms with Gasteiger partial charge in [-0.25, -0.2) is 4.98 Å². The van der Waals surface area contributed by atoms with Gasteiger partial charge >= 0.3 is 0 Å². The van der Waals surface area contributed by atoms with Gasteiger partial charge in [-0.3, -0.25) is 4.79 Å². The summed E-state index contributed by atoms with van der Waals surface area (Å²) in [5.74, 6) is 0.561. The fourth-order valence-corrected chi connectivity index (χ4v) is 1.22. The number of nitrogens with one attached hydrogen (secondary N) is 2. The van der Waals surface area contributed by atoms with Crippen LogP contribution in [0.3, 0.4) is 0 Å². The molecular formula is C9H12BrN3O. The molecule has 1 aromatic rings. The van der Waals surface area contributed by atoms with Crippen molar-refractivity contribution in [2.24, 2.45) is 0 Å². The lowest BCUT2D eigenvalue weighted by Crippen LogP contribution is -2.12. The highest BCUT2D eigenvalue weighted by Gasteiger charge is 2.02. The number of nitrogens with zero attached hydrogens (tertiary/aromatic N) is 1. The van der Waals surface area contributed by atoms with E-state index in [0.717, 1.165) is 0 Å². The standard InChI is InChI=1S/C9H12BrN3O/c1-6(2)3-4-11-8-7(10)9(14)13-5-12-8/h3,5H,4H2,1-2H3,(H2,11,12,13,14). The van der Waals surface area contributed by atoms with E-state index in [1.165, 1.54) is 11.9 Å². The maximum atomic E-state index is 11.1. The summed E-state index contributed by atoms with van der Waals surface area (Å²) in [5, 5.41) is 3.03. The maximum Gasteiger partial charge on any atom is 0.267 e. The minimum atomic E-state index is -0.181. The van der Waals surface area contributed by atoms with Crippen LogP contribution in [-0.4, -0.2) is 16.5 Å². The Labute approximate surface area is 90.6 Å². The molecule has 0 aliphatic rings. The van der Waals surface area contributed by atoms with Gasteiger partial charge < -0.3 is 10.3 Å². The molecule has 0 aromatic carbocycles. The highest BCUT2D eigenvalue weighted by molar-refractivity contribution is 9.10.